The summed E-state index contributed by atoms with van der Waals surface area (Å²) in [5, 5.41) is 0. The van der Waals surface area contributed by atoms with Gasteiger partial charge in [0.1, 0.15) is 6.10 Å². The van der Waals surface area contributed by atoms with Crippen molar-refractivity contribution in [3.05, 3.63) is 35.9 Å². The van der Waals surface area contributed by atoms with Crippen LogP contribution in [0.3, 0.4) is 0 Å². The summed E-state index contributed by atoms with van der Waals surface area (Å²) in [7, 11) is 2.07. The predicted octanol–water partition coefficient (Wildman–Crippen LogP) is 1.87. The Kier molecular flexibility index (Phi) is 4.15. The lowest BCUT2D eigenvalue weighted by atomic mass is 10.1. The number of nitrogens with zero attached hydrogens (tertiary/aromatic N) is 1. The first-order valence-electron chi connectivity index (χ1n) is 6.16. The van der Waals surface area contributed by atoms with E-state index in [0.29, 0.717) is 6.42 Å². The molecule has 3 nitrogen and oxygen atoms in total. The van der Waals surface area contributed by atoms with Gasteiger partial charge < -0.3 is 9.64 Å². The van der Waals surface area contributed by atoms with Crippen LogP contribution in [-0.2, 0) is 16.0 Å². The van der Waals surface area contributed by atoms with Crippen LogP contribution in [0.5, 0.6) is 0 Å². The number of piperidine rings is 1. The number of ether oxygens (including phenoxy) is 1. The Morgan fingerprint density at radius 1 is 1.41 bits per heavy atom. The summed E-state index contributed by atoms with van der Waals surface area (Å²) in [6.45, 7) is 1.97. The fourth-order valence-electron chi connectivity index (χ4n) is 2.21. The lowest BCUT2D eigenvalue weighted by molar-refractivity contribution is -0.150. The van der Waals surface area contributed by atoms with E-state index in [1.807, 2.05) is 30.3 Å². The number of carbonyl (C=O) groups excluding carboxylic acids is 1. The van der Waals surface area contributed by atoms with E-state index in [0.717, 1.165) is 31.5 Å². The largest absolute Gasteiger partial charge is 0.461 e. The number of esters is 1. The molecule has 1 unspecified atom stereocenters. The standard InChI is InChI=1S/C14H19NO2/c1-15-9-5-8-13(11-15)17-14(16)10-12-6-3-2-4-7-12/h2-4,6-7,13H,5,8-11H2,1H3. The Bertz CT molecular complexity index is 364. The zero-order chi connectivity index (χ0) is 12.1. The molecule has 1 aromatic rings. The topological polar surface area (TPSA) is 29.5 Å². The van der Waals surface area contributed by atoms with E-state index in [1.165, 1.54) is 0 Å². The van der Waals surface area contributed by atoms with Crippen molar-refractivity contribution in [3.63, 3.8) is 0 Å². The number of hydrogen-bond donors (Lipinski definition) is 0. The van der Waals surface area contributed by atoms with Gasteiger partial charge in [0, 0.05) is 6.54 Å². The van der Waals surface area contributed by atoms with E-state index in [-0.39, 0.29) is 12.1 Å². The summed E-state index contributed by atoms with van der Waals surface area (Å²) in [5.74, 6) is -0.114. The Morgan fingerprint density at radius 3 is 2.88 bits per heavy atom. The van der Waals surface area contributed by atoms with Crippen molar-refractivity contribution < 1.29 is 9.53 Å². The molecule has 0 spiro atoms. The van der Waals surface area contributed by atoms with Crippen molar-refractivity contribution in [3.8, 4) is 0 Å². The van der Waals surface area contributed by atoms with Gasteiger partial charge in [-0.05, 0) is 32.0 Å². The van der Waals surface area contributed by atoms with Crippen molar-refractivity contribution in [2.45, 2.75) is 25.4 Å². The third-order valence-corrected chi connectivity index (χ3v) is 3.07. The van der Waals surface area contributed by atoms with Gasteiger partial charge in [-0.1, -0.05) is 30.3 Å². The smallest absolute Gasteiger partial charge is 0.310 e. The second-order valence-electron chi connectivity index (χ2n) is 4.68. The molecule has 0 aliphatic carbocycles. The normalized spacial score (nSPS) is 21.1. The molecule has 2 rings (SSSR count). The van der Waals surface area contributed by atoms with Crippen LogP contribution in [-0.4, -0.2) is 37.1 Å². The second-order valence-corrected chi connectivity index (χ2v) is 4.68. The molecule has 17 heavy (non-hydrogen) atoms. The summed E-state index contributed by atoms with van der Waals surface area (Å²) in [6, 6.07) is 9.74. The quantitative estimate of drug-likeness (QED) is 0.746. The van der Waals surface area contributed by atoms with E-state index in [2.05, 4.69) is 11.9 Å². The Labute approximate surface area is 102 Å². The maximum atomic E-state index is 11.7. The first kappa shape index (κ1) is 12.1. The van der Waals surface area contributed by atoms with Crippen molar-refractivity contribution in [2.75, 3.05) is 20.1 Å². The average Bonchev–Trinajstić information content (AvgIpc) is 2.30. The Morgan fingerprint density at radius 2 is 2.18 bits per heavy atom. The van der Waals surface area contributed by atoms with Gasteiger partial charge in [0.25, 0.3) is 0 Å². The van der Waals surface area contributed by atoms with E-state index in [4.69, 9.17) is 4.74 Å². The summed E-state index contributed by atoms with van der Waals surface area (Å²) in [6.07, 6.45) is 2.55. The van der Waals surface area contributed by atoms with E-state index < -0.39 is 0 Å². The molecule has 1 atom stereocenters. The summed E-state index contributed by atoms with van der Waals surface area (Å²) in [4.78, 5) is 14.0. The molecule has 1 saturated heterocycles. The molecule has 0 aromatic heterocycles. The molecule has 92 valence electrons. The molecule has 1 fully saturated rings. The van der Waals surface area contributed by atoms with Crippen molar-refractivity contribution >= 4 is 5.97 Å². The van der Waals surface area contributed by atoms with Gasteiger partial charge in [0.2, 0.25) is 0 Å². The lowest BCUT2D eigenvalue weighted by Crippen LogP contribution is -2.38. The van der Waals surface area contributed by atoms with E-state index >= 15 is 0 Å². The van der Waals surface area contributed by atoms with Gasteiger partial charge in [0.05, 0.1) is 6.42 Å². The SMILES string of the molecule is CN1CCCC(OC(=O)Cc2ccccc2)C1. The minimum Gasteiger partial charge on any atom is -0.461 e. The zero-order valence-corrected chi connectivity index (χ0v) is 10.3. The van der Waals surface area contributed by atoms with E-state index in [9.17, 15) is 4.79 Å². The van der Waals surface area contributed by atoms with Crippen LogP contribution in [0.1, 0.15) is 18.4 Å². The van der Waals surface area contributed by atoms with Crippen LogP contribution in [0.2, 0.25) is 0 Å². The number of rotatable bonds is 3. The number of likely N-dealkylation sites (N-methyl/N-ethyl adjacent to an activating group) is 1. The molecular weight excluding hydrogens is 214 g/mol. The number of likely N-dealkylation sites (tertiary alicyclic amines) is 1. The van der Waals surface area contributed by atoms with E-state index in [1.54, 1.807) is 0 Å². The number of hydrogen-bond acceptors (Lipinski definition) is 3. The van der Waals surface area contributed by atoms with Crippen molar-refractivity contribution in [1.82, 2.24) is 4.90 Å². The van der Waals surface area contributed by atoms with Crippen LogP contribution >= 0.6 is 0 Å². The average molecular weight is 233 g/mol. The van der Waals surface area contributed by atoms with Crippen molar-refractivity contribution in [2.24, 2.45) is 0 Å². The lowest BCUT2D eigenvalue weighted by Gasteiger charge is -2.29. The summed E-state index contributed by atoms with van der Waals surface area (Å²) < 4.78 is 5.49. The molecule has 0 amide bonds. The highest BCUT2D eigenvalue weighted by Crippen LogP contribution is 2.12. The monoisotopic (exact) mass is 233 g/mol. The number of benzene rings is 1. The third kappa shape index (κ3) is 3.86. The summed E-state index contributed by atoms with van der Waals surface area (Å²) in [5.41, 5.74) is 1.02. The van der Waals surface area contributed by atoms with Gasteiger partial charge in [-0.25, -0.2) is 0 Å². The molecule has 1 aliphatic heterocycles. The first-order valence-corrected chi connectivity index (χ1v) is 6.16. The summed E-state index contributed by atoms with van der Waals surface area (Å²) >= 11 is 0. The third-order valence-electron chi connectivity index (χ3n) is 3.07. The van der Waals surface area contributed by atoms with Crippen LogP contribution in [0.25, 0.3) is 0 Å². The molecular formula is C14H19NO2. The molecule has 0 saturated carbocycles. The maximum absolute atomic E-state index is 11.7. The zero-order valence-electron chi connectivity index (χ0n) is 10.3. The molecule has 3 heteroatoms. The highest BCUT2D eigenvalue weighted by Gasteiger charge is 2.20. The Balaban J connectivity index is 1.81. The van der Waals surface area contributed by atoms with Crippen LogP contribution in [0, 0.1) is 0 Å². The Hall–Kier alpha value is -1.35. The maximum Gasteiger partial charge on any atom is 0.310 e. The predicted molar refractivity (Wildman–Crippen MR) is 66.8 cm³/mol. The fraction of sp³-hybridized carbons (Fsp3) is 0.500. The molecule has 1 aromatic carbocycles. The molecule has 0 radical (unpaired) electrons. The molecule has 0 bridgehead atoms. The second kappa shape index (κ2) is 5.82. The van der Waals surface area contributed by atoms with Crippen LogP contribution in [0.15, 0.2) is 30.3 Å². The number of carbonyl (C=O) groups is 1. The van der Waals surface area contributed by atoms with Gasteiger partial charge in [-0.3, -0.25) is 4.79 Å². The highest BCUT2D eigenvalue weighted by molar-refractivity contribution is 5.72. The van der Waals surface area contributed by atoms with Gasteiger partial charge in [-0.2, -0.15) is 0 Å². The first-order chi connectivity index (χ1) is 8.24. The fourth-order valence-corrected chi connectivity index (χ4v) is 2.21. The molecule has 1 heterocycles. The highest BCUT2D eigenvalue weighted by atomic mass is 16.5. The van der Waals surface area contributed by atoms with Gasteiger partial charge in [-0.15, -0.1) is 0 Å². The van der Waals surface area contributed by atoms with Gasteiger partial charge >= 0.3 is 5.97 Å². The van der Waals surface area contributed by atoms with Crippen molar-refractivity contribution in [1.29, 1.82) is 0 Å². The van der Waals surface area contributed by atoms with Crippen LogP contribution < -0.4 is 0 Å². The minimum atomic E-state index is -0.114. The van der Waals surface area contributed by atoms with Gasteiger partial charge in [0.15, 0.2) is 0 Å². The molecule has 0 N–H and O–H groups in total. The molecule has 1 aliphatic rings. The van der Waals surface area contributed by atoms with Crippen LogP contribution in [0.4, 0.5) is 0 Å². The minimum absolute atomic E-state index is 0.0740.